The van der Waals surface area contributed by atoms with Crippen molar-refractivity contribution < 1.29 is 9.53 Å². The molecule has 1 aromatic carbocycles. The number of amides is 1. The number of carbonyl (C=O) groups is 1. The van der Waals surface area contributed by atoms with Crippen molar-refractivity contribution in [3.8, 4) is 0 Å². The average Bonchev–Trinajstić information content (AvgIpc) is 3.27. The van der Waals surface area contributed by atoms with Crippen molar-refractivity contribution in [2.45, 2.75) is 51.5 Å². The first-order chi connectivity index (χ1) is 17.1. The van der Waals surface area contributed by atoms with Gasteiger partial charge in [0.25, 0.3) is 0 Å². The van der Waals surface area contributed by atoms with Crippen LogP contribution in [0.1, 0.15) is 51.0 Å². The minimum absolute atomic E-state index is 0.163. The fourth-order valence-electron chi connectivity index (χ4n) is 4.85. The predicted octanol–water partition coefficient (Wildman–Crippen LogP) is 5.40. The average molecular weight is 495 g/mol. The molecule has 35 heavy (non-hydrogen) atoms. The molecular weight excluding hydrogens is 460 g/mol. The van der Waals surface area contributed by atoms with E-state index in [1.165, 1.54) is 11.3 Å². The number of allylic oxidation sites excluding steroid dienone is 3. The van der Waals surface area contributed by atoms with Gasteiger partial charge in [-0.3, -0.25) is 9.79 Å². The standard InChI is InChI=1S/C28H35ClN4O2/c1-3-21-19-26(22-8-6-9-23(29)18-22)31-25(21)11-7-12-28(34)33-16-14-32(15-17-33)24-10-4-5-13-30-27(20-24)35-2/h5-6,8-9,13,18-20,25H,3-4,7,10-12,14-17H2,1-2H3. The molecule has 1 saturated heterocycles. The summed E-state index contributed by atoms with van der Waals surface area (Å²) < 4.78 is 5.36. The van der Waals surface area contributed by atoms with Gasteiger partial charge in [0.15, 0.2) is 0 Å². The monoisotopic (exact) mass is 494 g/mol. The van der Waals surface area contributed by atoms with E-state index in [0.717, 1.165) is 74.6 Å². The Balaban J connectivity index is 1.26. The Labute approximate surface area is 213 Å². The fraction of sp³-hybridized carbons (Fsp3) is 0.464. The maximum Gasteiger partial charge on any atom is 0.222 e. The Morgan fingerprint density at radius 1 is 1.20 bits per heavy atom. The summed E-state index contributed by atoms with van der Waals surface area (Å²) in [7, 11) is 1.65. The van der Waals surface area contributed by atoms with Crippen molar-refractivity contribution in [2.75, 3.05) is 33.3 Å². The largest absolute Gasteiger partial charge is 0.481 e. The van der Waals surface area contributed by atoms with Crippen molar-refractivity contribution in [3.05, 3.63) is 70.5 Å². The predicted molar refractivity (Wildman–Crippen MR) is 143 cm³/mol. The SMILES string of the molecule is CCC1=CC(c2cccc(Cl)c2)=NC1CCCC(=O)N1CCN(C2=CC(OC)=NC=CCC2)CC1. The topological polar surface area (TPSA) is 57.5 Å². The van der Waals surface area contributed by atoms with E-state index in [1.807, 2.05) is 35.2 Å². The Morgan fingerprint density at radius 2 is 2.03 bits per heavy atom. The van der Waals surface area contributed by atoms with E-state index in [2.05, 4.69) is 29.0 Å². The molecule has 1 amide bonds. The van der Waals surface area contributed by atoms with Gasteiger partial charge in [0.2, 0.25) is 11.8 Å². The normalized spacial score (nSPS) is 20.5. The quantitative estimate of drug-likeness (QED) is 0.510. The lowest BCUT2D eigenvalue weighted by Gasteiger charge is -2.37. The summed E-state index contributed by atoms with van der Waals surface area (Å²) in [6.07, 6.45) is 13.3. The maximum atomic E-state index is 12.9. The van der Waals surface area contributed by atoms with Gasteiger partial charge in [0.1, 0.15) is 0 Å². The number of halogens is 1. The molecule has 0 spiro atoms. The van der Waals surface area contributed by atoms with Gasteiger partial charge in [-0.15, -0.1) is 0 Å². The van der Waals surface area contributed by atoms with Crippen LogP contribution >= 0.6 is 11.6 Å². The molecule has 0 saturated carbocycles. The molecule has 0 radical (unpaired) electrons. The lowest BCUT2D eigenvalue weighted by molar-refractivity contribution is -0.132. The number of hydrogen-bond acceptors (Lipinski definition) is 5. The molecule has 0 aromatic heterocycles. The third-order valence-electron chi connectivity index (χ3n) is 6.85. The highest BCUT2D eigenvalue weighted by atomic mass is 35.5. The van der Waals surface area contributed by atoms with E-state index in [9.17, 15) is 4.79 Å². The molecule has 186 valence electrons. The molecule has 3 aliphatic rings. The number of hydrogen-bond donors (Lipinski definition) is 0. The van der Waals surface area contributed by atoms with Gasteiger partial charge in [-0.25, -0.2) is 4.99 Å². The second-order valence-electron chi connectivity index (χ2n) is 9.10. The Bertz CT molecular complexity index is 1060. The minimum atomic E-state index is 0.163. The van der Waals surface area contributed by atoms with Crippen LogP contribution in [-0.2, 0) is 9.53 Å². The van der Waals surface area contributed by atoms with Crippen LogP contribution in [0.25, 0.3) is 0 Å². The molecule has 3 aliphatic heterocycles. The molecule has 0 N–H and O–H groups in total. The summed E-state index contributed by atoms with van der Waals surface area (Å²) in [5.74, 6) is 0.875. The number of benzene rings is 1. The third-order valence-corrected chi connectivity index (χ3v) is 7.09. The molecule has 6 nitrogen and oxygen atoms in total. The first kappa shape index (κ1) is 25.2. The Hall–Kier alpha value is -2.86. The van der Waals surface area contributed by atoms with Gasteiger partial charge < -0.3 is 14.5 Å². The van der Waals surface area contributed by atoms with E-state index in [4.69, 9.17) is 21.3 Å². The second kappa shape index (κ2) is 12.2. The zero-order valence-electron chi connectivity index (χ0n) is 20.8. The second-order valence-corrected chi connectivity index (χ2v) is 9.54. The molecule has 3 heterocycles. The van der Waals surface area contributed by atoms with Crippen LogP contribution in [0.15, 0.2) is 69.9 Å². The molecule has 7 heteroatoms. The lowest BCUT2D eigenvalue weighted by atomic mass is 10.00. The van der Waals surface area contributed by atoms with Crippen molar-refractivity contribution in [3.63, 3.8) is 0 Å². The van der Waals surface area contributed by atoms with Crippen LogP contribution in [0.5, 0.6) is 0 Å². The van der Waals surface area contributed by atoms with Crippen molar-refractivity contribution in [1.82, 2.24) is 9.80 Å². The van der Waals surface area contributed by atoms with Gasteiger partial charge in [0.05, 0.1) is 18.9 Å². The van der Waals surface area contributed by atoms with Crippen LogP contribution in [0.3, 0.4) is 0 Å². The molecule has 4 rings (SSSR count). The van der Waals surface area contributed by atoms with E-state index < -0.39 is 0 Å². The summed E-state index contributed by atoms with van der Waals surface area (Å²) in [5, 5.41) is 0.723. The summed E-state index contributed by atoms with van der Waals surface area (Å²) in [6, 6.07) is 8.01. The molecule has 1 aromatic rings. The number of rotatable bonds is 7. The number of piperazine rings is 1. The smallest absolute Gasteiger partial charge is 0.222 e. The van der Waals surface area contributed by atoms with E-state index in [0.29, 0.717) is 12.3 Å². The minimum Gasteiger partial charge on any atom is -0.481 e. The van der Waals surface area contributed by atoms with E-state index in [-0.39, 0.29) is 11.9 Å². The summed E-state index contributed by atoms with van der Waals surface area (Å²) in [5.41, 5.74) is 4.62. The van der Waals surface area contributed by atoms with E-state index >= 15 is 0 Å². The zero-order chi connectivity index (χ0) is 24.6. The van der Waals surface area contributed by atoms with Crippen molar-refractivity contribution in [1.29, 1.82) is 0 Å². The van der Waals surface area contributed by atoms with E-state index in [1.54, 1.807) is 13.3 Å². The number of nitrogens with zero attached hydrogens (tertiary/aromatic N) is 4. The van der Waals surface area contributed by atoms with Crippen LogP contribution in [0, 0.1) is 0 Å². The van der Waals surface area contributed by atoms with Crippen LogP contribution in [-0.4, -0.2) is 66.6 Å². The maximum absolute atomic E-state index is 12.9. The Morgan fingerprint density at radius 3 is 2.77 bits per heavy atom. The third kappa shape index (κ3) is 6.63. The Kier molecular flexibility index (Phi) is 8.80. The highest BCUT2D eigenvalue weighted by Gasteiger charge is 2.24. The first-order valence-electron chi connectivity index (χ1n) is 12.6. The number of carbonyl (C=O) groups excluding carboxylic acids is 1. The van der Waals surface area contributed by atoms with Crippen LogP contribution in [0.2, 0.25) is 5.02 Å². The fourth-order valence-corrected chi connectivity index (χ4v) is 5.04. The van der Waals surface area contributed by atoms with Crippen LogP contribution < -0.4 is 0 Å². The molecule has 1 unspecified atom stereocenters. The van der Waals surface area contributed by atoms with Gasteiger partial charge in [-0.2, -0.15) is 0 Å². The summed E-state index contributed by atoms with van der Waals surface area (Å²) in [4.78, 5) is 26.6. The number of ether oxygens (including phenoxy) is 1. The summed E-state index contributed by atoms with van der Waals surface area (Å²) >= 11 is 6.16. The van der Waals surface area contributed by atoms with Crippen molar-refractivity contribution >= 4 is 29.1 Å². The van der Waals surface area contributed by atoms with Crippen LogP contribution in [0.4, 0.5) is 0 Å². The highest BCUT2D eigenvalue weighted by molar-refractivity contribution is 6.31. The molecule has 1 atom stereocenters. The summed E-state index contributed by atoms with van der Waals surface area (Å²) in [6.45, 7) is 5.37. The number of aliphatic imine (C=N–C) groups is 2. The van der Waals surface area contributed by atoms with Gasteiger partial charge >= 0.3 is 0 Å². The molecule has 1 fully saturated rings. The molecule has 0 bridgehead atoms. The van der Waals surface area contributed by atoms with Crippen molar-refractivity contribution in [2.24, 2.45) is 9.98 Å². The lowest BCUT2D eigenvalue weighted by Crippen LogP contribution is -2.48. The van der Waals surface area contributed by atoms with Gasteiger partial charge in [-0.1, -0.05) is 36.7 Å². The number of methoxy groups -OCH3 is 1. The molecular formula is C28H35ClN4O2. The zero-order valence-corrected chi connectivity index (χ0v) is 21.5. The van der Waals surface area contributed by atoms with Gasteiger partial charge in [0, 0.05) is 61.2 Å². The highest BCUT2D eigenvalue weighted by Crippen LogP contribution is 2.26. The van der Waals surface area contributed by atoms with Gasteiger partial charge in [-0.05, 0) is 55.9 Å². The first-order valence-corrected chi connectivity index (χ1v) is 13.0. The molecule has 0 aliphatic carbocycles.